The van der Waals surface area contributed by atoms with Crippen LogP contribution in [0.5, 0.6) is 0 Å². The van der Waals surface area contributed by atoms with Gasteiger partial charge in [0.05, 0.1) is 23.5 Å². The molecule has 3 rings (SSSR count). The van der Waals surface area contributed by atoms with Crippen LogP contribution in [0.2, 0.25) is 5.15 Å². The highest BCUT2D eigenvalue weighted by Gasteiger charge is 2.38. The van der Waals surface area contributed by atoms with E-state index in [9.17, 15) is 4.79 Å². The molecule has 0 aliphatic carbocycles. The van der Waals surface area contributed by atoms with E-state index in [0.29, 0.717) is 29.7 Å². The van der Waals surface area contributed by atoms with E-state index in [0.717, 1.165) is 18.4 Å². The van der Waals surface area contributed by atoms with Crippen LogP contribution in [0.3, 0.4) is 0 Å². The van der Waals surface area contributed by atoms with Gasteiger partial charge in [0.2, 0.25) is 5.91 Å². The van der Waals surface area contributed by atoms with Crippen molar-refractivity contribution in [1.29, 1.82) is 0 Å². The molecule has 112 valence electrons. The number of fused-ring (bicyclic) bond motifs is 1. The van der Waals surface area contributed by atoms with Crippen LogP contribution in [0.4, 0.5) is 0 Å². The number of nitrogens with two attached hydrogens (primary N) is 1. The lowest BCUT2D eigenvalue weighted by Crippen LogP contribution is -2.37. The van der Waals surface area contributed by atoms with E-state index in [-0.39, 0.29) is 5.91 Å². The molecule has 0 saturated carbocycles. The SMILES string of the molecule is Cn1ncc2c(Cl)nc(CN3CCC(C)(C(N)=O)C3)nc21. The molecule has 1 atom stereocenters. The predicted molar refractivity (Wildman–Crippen MR) is 78.5 cm³/mol. The number of aryl methyl sites for hydroxylation is 1. The van der Waals surface area contributed by atoms with Crippen LogP contribution in [-0.2, 0) is 18.4 Å². The van der Waals surface area contributed by atoms with Gasteiger partial charge in [-0.15, -0.1) is 0 Å². The maximum Gasteiger partial charge on any atom is 0.224 e. The van der Waals surface area contributed by atoms with E-state index in [1.54, 1.807) is 10.9 Å². The van der Waals surface area contributed by atoms with Gasteiger partial charge in [-0.1, -0.05) is 11.6 Å². The summed E-state index contributed by atoms with van der Waals surface area (Å²) >= 11 is 6.17. The van der Waals surface area contributed by atoms with Crippen LogP contribution >= 0.6 is 11.6 Å². The van der Waals surface area contributed by atoms with Gasteiger partial charge in [-0.2, -0.15) is 5.10 Å². The fourth-order valence-electron chi connectivity index (χ4n) is 2.69. The summed E-state index contributed by atoms with van der Waals surface area (Å²) < 4.78 is 1.67. The summed E-state index contributed by atoms with van der Waals surface area (Å²) in [7, 11) is 1.81. The van der Waals surface area contributed by atoms with E-state index >= 15 is 0 Å². The molecular weight excluding hydrogens is 292 g/mol. The summed E-state index contributed by atoms with van der Waals surface area (Å²) in [6.07, 6.45) is 2.41. The van der Waals surface area contributed by atoms with Crippen LogP contribution < -0.4 is 5.73 Å². The molecule has 0 spiro atoms. The smallest absolute Gasteiger partial charge is 0.224 e. The maximum absolute atomic E-state index is 11.5. The second-order valence-corrected chi connectivity index (χ2v) is 6.18. The van der Waals surface area contributed by atoms with Gasteiger partial charge >= 0.3 is 0 Å². The second kappa shape index (κ2) is 4.92. The number of hydrogen-bond acceptors (Lipinski definition) is 5. The van der Waals surface area contributed by atoms with Crippen molar-refractivity contribution in [1.82, 2.24) is 24.6 Å². The van der Waals surface area contributed by atoms with E-state index in [4.69, 9.17) is 17.3 Å². The molecule has 2 aromatic rings. The topological polar surface area (TPSA) is 89.9 Å². The van der Waals surface area contributed by atoms with Gasteiger partial charge in [0.1, 0.15) is 11.0 Å². The Balaban J connectivity index is 1.83. The molecule has 0 aromatic carbocycles. The van der Waals surface area contributed by atoms with Crippen molar-refractivity contribution < 1.29 is 4.79 Å². The Labute approximate surface area is 127 Å². The number of rotatable bonds is 3. The summed E-state index contributed by atoms with van der Waals surface area (Å²) in [4.78, 5) is 22.4. The molecule has 8 heteroatoms. The van der Waals surface area contributed by atoms with Crippen molar-refractivity contribution >= 4 is 28.5 Å². The molecule has 0 bridgehead atoms. The van der Waals surface area contributed by atoms with Crippen molar-refractivity contribution in [2.75, 3.05) is 13.1 Å². The molecule has 2 N–H and O–H groups in total. The van der Waals surface area contributed by atoms with E-state index in [1.807, 2.05) is 14.0 Å². The quantitative estimate of drug-likeness (QED) is 0.844. The molecule has 1 aliphatic heterocycles. The molecule has 1 fully saturated rings. The molecule has 1 aliphatic rings. The summed E-state index contributed by atoms with van der Waals surface area (Å²) in [6, 6.07) is 0. The maximum atomic E-state index is 11.5. The third kappa shape index (κ3) is 2.47. The number of likely N-dealkylation sites (tertiary alicyclic amines) is 1. The number of hydrogen-bond donors (Lipinski definition) is 1. The Kier molecular flexibility index (Phi) is 3.33. The zero-order valence-corrected chi connectivity index (χ0v) is 12.8. The minimum absolute atomic E-state index is 0.258. The molecular formula is C13H17ClN6O. The third-order valence-electron chi connectivity index (χ3n) is 4.10. The van der Waals surface area contributed by atoms with Gasteiger partial charge in [0, 0.05) is 13.6 Å². The van der Waals surface area contributed by atoms with E-state index < -0.39 is 5.41 Å². The van der Waals surface area contributed by atoms with Gasteiger partial charge < -0.3 is 5.73 Å². The molecule has 0 radical (unpaired) electrons. The Bertz CT molecular complexity index is 714. The van der Waals surface area contributed by atoms with Crippen LogP contribution in [-0.4, -0.2) is 43.6 Å². The number of halogens is 1. The molecule has 7 nitrogen and oxygen atoms in total. The average molecular weight is 309 g/mol. The fraction of sp³-hybridized carbons (Fsp3) is 0.538. The first-order valence-corrected chi connectivity index (χ1v) is 7.13. The monoisotopic (exact) mass is 308 g/mol. The lowest BCUT2D eigenvalue weighted by Gasteiger charge is -2.20. The number of primary amides is 1. The third-order valence-corrected chi connectivity index (χ3v) is 4.39. The average Bonchev–Trinajstić information content (AvgIpc) is 2.96. The van der Waals surface area contributed by atoms with Crippen molar-refractivity contribution in [3.05, 3.63) is 17.2 Å². The molecule has 1 saturated heterocycles. The first-order chi connectivity index (χ1) is 9.89. The van der Waals surface area contributed by atoms with E-state index in [2.05, 4.69) is 20.0 Å². The highest BCUT2D eigenvalue weighted by Crippen LogP contribution is 2.30. The molecule has 1 unspecified atom stereocenters. The molecule has 21 heavy (non-hydrogen) atoms. The zero-order valence-electron chi connectivity index (χ0n) is 12.0. The molecule has 1 amide bonds. The summed E-state index contributed by atoms with van der Waals surface area (Å²) in [5.41, 5.74) is 5.70. The van der Waals surface area contributed by atoms with Crippen molar-refractivity contribution in [3.8, 4) is 0 Å². The number of aromatic nitrogens is 4. The van der Waals surface area contributed by atoms with E-state index in [1.165, 1.54) is 0 Å². The summed E-state index contributed by atoms with van der Waals surface area (Å²) in [5.74, 6) is 0.371. The second-order valence-electron chi connectivity index (χ2n) is 5.82. The van der Waals surface area contributed by atoms with Crippen LogP contribution in [0.15, 0.2) is 6.20 Å². The minimum Gasteiger partial charge on any atom is -0.369 e. The van der Waals surface area contributed by atoms with Crippen molar-refractivity contribution in [2.24, 2.45) is 18.2 Å². The van der Waals surface area contributed by atoms with Crippen molar-refractivity contribution in [2.45, 2.75) is 19.9 Å². The van der Waals surface area contributed by atoms with Crippen LogP contribution in [0.1, 0.15) is 19.2 Å². The van der Waals surface area contributed by atoms with Crippen LogP contribution in [0, 0.1) is 5.41 Å². The van der Waals surface area contributed by atoms with Crippen LogP contribution in [0.25, 0.3) is 11.0 Å². The number of carbonyl (C=O) groups excluding carboxylic acids is 1. The Morgan fingerprint density at radius 1 is 1.52 bits per heavy atom. The summed E-state index contributed by atoms with van der Waals surface area (Å²) in [6.45, 7) is 3.85. The van der Waals surface area contributed by atoms with Crippen molar-refractivity contribution in [3.63, 3.8) is 0 Å². The van der Waals surface area contributed by atoms with Gasteiger partial charge in [-0.3, -0.25) is 14.4 Å². The van der Waals surface area contributed by atoms with Gasteiger partial charge in [0.15, 0.2) is 5.65 Å². The fourth-order valence-corrected chi connectivity index (χ4v) is 2.92. The Hall–Kier alpha value is -1.73. The largest absolute Gasteiger partial charge is 0.369 e. The minimum atomic E-state index is -0.472. The normalized spacial score (nSPS) is 23.0. The number of carbonyl (C=O) groups is 1. The number of nitrogens with zero attached hydrogens (tertiary/aromatic N) is 5. The van der Waals surface area contributed by atoms with Gasteiger partial charge in [-0.05, 0) is 19.9 Å². The standard InChI is InChI=1S/C13H17ClN6O/c1-13(12(15)21)3-4-20(7-13)6-9-17-10(14)8-5-16-19(2)11(8)18-9/h5H,3-4,6-7H2,1-2H3,(H2,15,21). The highest BCUT2D eigenvalue weighted by molar-refractivity contribution is 6.33. The van der Waals surface area contributed by atoms with Gasteiger partial charge in [0.25, 0.3) is 0 Å². The molecule has 3 heterocycles. The lowest BCUT2D eigenvalue weighted by molar-refractivity contribution is -0.126. The van der Waals surface area contributed by atoms with Gasteiger partial charge in [-0.25, -0.2) is 9.97 Å². The first-order valence-electron chi connectivity index (χ1n) is 6.75. The lowest BCUT2D eigenvalue weighted by atomic mass is 9.89. The first kappa shape index (κ1) is 14.2. The summed E-state index contributed by atoms with van der Waals surface area (Å²) in [5, 5.41) is 5.28. The highest BCUT2D eigenvalue weighted by atomic mass is 35.5. The number of amides is 1. The predicted octanol–water partition coefficient (Wildman–Crippen LogP) is 0.714. The molecule has 2 aromatic heterocycles. The Morgan fingerprint density at radius 3 is 2.95 bits per heavy atom. The Morgan fingerprint density at radius 2 is 2.29 bits per heavy atom. The zero-order chi connectivity index (χ0) is 15.2.